The minimum Gasteiger partial charge on any atom is -0.389 e. The van der Waals surface area contributed by atoms with Crippen LogP contribution in [-0.2, 0) is 9.53 Å². The SMILES string of the molecule is O=C(CC1(O)CCCC1)N1CCC(OC2CCCCC2)CC1. The van der Waals surface area contributed by atoms with E-state index in [0.29, 0.717) is 18.6 Å². The molecule has 4 nitrogen and oxygen atoms in total. The highest BCUT2D eigenvalue weighted by atomic mass is 16.5. The Morgan fingerprint density at radius 2 is 1.55 bits per heavy atom. The van der Waals surface area contributed by atoms with E-state index in [9.17, 15) is 9.90 Å². The molecule has 1 N–H and O–H groups in total. The van der Waals surface area contributed by atoms with Gasteiger partial charge in [-0.25, -0.2) is 0 Å². The maximum absolute atomic E-state index is 12.4. The van der Waals surface area contributed by atoms with Crippen LogP contribution >= 0.6 is 0 Å². The van der Waals surface area contributed by atoms with Gasteiger partial charge in [0.2, 0.25) is 5.91 Å². The molecule has 0 radical (unpaired) electrons. The number of rotatable bonds is 4. The standard InChI is InChI=1S/C18H31NO3/c20-17(14-18(21)10-4-5-11-18)19-12-8-16(9-13-19)22-15-6-2-1-3-7-15/h15-16,21H,1-14H2. The summed E-state index contributed by atoms with van der Waals surface area (Å²) in [6.07, 6.45) is 13.1. The fourth-order valence-corrected chi connectivity index (χ4v) is 4.32. The van der Waals surface area contributed by atoms with Crippen LogP contribution in [0.15, 0.2) is 0 Å². The van der Waals surface area contributed by atoms with Crippen LogP contribution in [-0.4, -0.2) is 46.8 Å². The van der Waals surface area contributed by atoms with Gasteiger partial charge in [0.1, 0.15) is 0 Å². The van der Waals surface area contributed by atoms with Crippen molar-refractivity contribution in [2.75, 3.05) is 13.1 Å². The Labute approximate surface area is 134 Å². The van der Waals surface area contributed by atoms with Crippen molar-refractivity contribution in [3.8, 4) is 0 Å². The van der Waals surface area contributed by atoms with Gasteiger partial charge in [-0.15, -0.1) is 0 Å². The van der Waals surface area contributed by atoms with Gasteiger partial charge in [-0.2, -0.15) is 0 Å². The maximum Gasteiger partial charge on any atom is 0.225 e. The van der Waals surface area contributed by atoms with Gasteiger partial charge in [0, 0.05) is 13.1 Å². The lowest BCUT2D eigenvalue weighted by Crippen LogP contribution is -2.44. The second kappa shape index (κ2) is 7.31. The highest BCUT2D eigenvalue weighted by molar-refractivity contribution is 5.77. The van der Waals surface area contributed by atoms with E-state index in [-0.39, 0.29) is 5.91 Å². The van der Waals surface area contributed by atoms with E-state index in [1.807, 2.05) is 4.90 Å². The monoisotopic (exact) mass is 309 g/mol. The number of hydrogen-bond acceptors (Lipinski definition) is 3. The summed E-state index contributed by atoms with van der Waals surface area (Å²) in [6, 6.07) is 0. The quantitative estimate of drug-likeness (QED) is 0.868. The zero-order valence-corrected chi connectivity index (χ0v) is 13.8. The molecular weight excluding hydrogens is 278 g/mol. The molecule has 0 aromatic carbocycles. The van der Waals surface area contributed by atoms with E-state index in [4.69, 9.17) is 4.74 Å². The van der Waals surface area contributed by atoms with Crippen LogP contribution in [0.1, 0.15) is 77.0 Å². The first kappa shape index (κ1) is 16.3. The van der Waals surface area contributed by atoms with Gasteiger partial charge < -0.3 is 14.7 Å². The lowest BCUT2D eigenvalue weighted by Gasteiger charge is -2.36. The number of ether oxygens (including phenoxy) is 1. The molecule has 0 atom stereocenters. The summed E-state index contributed by atoms with van der Waals surface area (Å²) in [5, 5.41) is 10.4. The maximum atomic E-state index is 12.4. The molecule has 3 fully saturated rings. The first-order chi connectivity index (χ1) is 10.6. The molecule has 126 valence electrons. The van der Waals surface area contributed by atoms with E-state index in [0.717, 1.165) is 51.6 Å². The van der Waals surface area contributed by atoms with Crippen molar-refractivity contribution in [1.29, 1.82) is 0 Å². The van der Waals surface area contributed by atoms with Crippen molar-refractivity contribution in [2.45, 2.75) is 94.9 Å². The molecule has 0 aromatic rings. The molecule has 0 spiro atoms. The highest BCUT2D eigenvalue weighted by Gasteiger charge is 2.36. The molecule has 1 aliphatic heterocycles. The summed E-state index contributed by atoms with van der Waals surface area (Å²) in [5.74, 6) is 0.139. The third kappa shape index (κ3) is 4.23. The van der Waals surface area contributed by atoms with Gasteiger partial charge in [0.05, 0.1) is 24.2 Å². The molecular formula is C18H31NO3. The zero-order valence-electron chi connectivity index (χ0n) is 13.8. The molecule has 0 bridgehead atoms. The number of amides is 1. The molecule has 1 heterocycles. The fourth-order valence-electron chi connectivity index (χ4n) is 4.32. The van der Waals surface area contributed by atoms with Gasteiger partial charge >= 0.3 is 0 Å². The molecule has 3 rings (SSSR count). The average Bonchev–Trinajstić information content (AvgIpc) is 2.95. The van der Waals surface area contributed by atoms with Crippen LogP contribution < -0.4 is 0 Å². The average molecular weight is 309 g/mol. The normalized spacial score (nSPS) is 27.2. The summed E-state index contributed by atoms with van der Waals surface area (Å²) >= 11 is 0. The zero-order chi connectivity index (χ0) is 15.4. The van der Waals surface area contributed by atoms with Crippen molar-refractivity contribution < 1.29 is 14.6 Å². The first-order valence-corrected chi connectivity index (χ1v) is 9.30. The first-order valence-electron chi connectivity index (χ1n) is 9.30. The molecule has 0 unspecified atom stereocenters. The Morgan fingerprint density at radius 1 is 0.955 bits per heavy atom. The fraction of sp³-hybridized carbons (Fsp3) is 0.944. The van der Waals surface area contributed by atoms with Crippen molar-refractivity contribution in [1.82, 2.24) is 4.90 Å². The smallest absolute Gasteiger partial charge is 0.225 e. The minimum atomic E-state index is -0.716. The third-order valence-electron chi connectivity index (χ3n) is 5.75. The largest absolute Gasteiger partial charge is 0.389 e. The summed E-state index contributed by atoms with van der Waals surface area (Å²) in [7, 11) is 0. The predicted molar refractivity (Wildman–Crippen MR) is 85.6 cm³/mol. The van der Waals surface area contributed by atoms with Crippen molar-refractivity contribution in [3.05, 3.63) is 0 Å². The molecule has 4 heteroatoms. The minimum absolute atomic E-state index is 0.139. The summed E-state index contributed by atoms with van der Waals surface area (Å²) in [4.78, 5) is 14.3. The molecule has 1 saturated heterocycles. The van der Waals surface area contributed by atoms with Crippen LogP contribution in [0, 0.1) is 0 Å². The molecule has 3 aliphatic rings. The van der Waals surface area contributed by atoms with E-state index in [1.165, 1.54) is 32.1 Å². The lowest BCUT2D eigenvalue weighted by atomic mass is 9.95. The molecule has 2 saturated carbocycles. The van der Waals surface area contributed by atoms with Crippen molar-refractivity contribution in [3.63, 3.8) is 0 Å². The molecule has 1 amide bonds. The highest BCUT2D eigenvalue weighted by Crippen LogP contribution is 2.33. The number of carbonyl (C=O) groups is 1. The van der Waals surface area contributed by atoms with E-state index >= 15 is 0 Å². The third-order valence-corrected chi connectivity index (χ3v) is 5.75. The number of carbonyl (C=O) groups excluding carboxylic acids is 1. The van der Waals surface area contributed by atoms with Crippen molar-refractivity contribution >= 4 is 5.91 Å². The van der Waals surface area contributed by atoms with Gasteiger partial charge in [0.15, 0.2) is 0 Å². The number of piperidine rings is 1. The number of hydrogen-bond donors (Lipinski definition) is 1. The Kier molecular flexibility index (Phi) is 5.40. The van der Waals surface area contributed by atoms with Gasteiger partial charge in [0.25, 0.3) is 0 Å². The number of aliphatic hydroxyl groups is 1. The van der Waals surface area contributed by atoms with E-state index in [2.05, 4.69) is 0 Å². The molecule has 22 heavy (non-hydrogen) atoms. The second-order valence-electron chi connectivity index (χ2n) is 7.58. The number of likely N-dealkylation sites (tertiary alicyclic amines) is 1. The van der Waals surface area contributed by atoms with E-state index in [1.54, 1.807) is 0 Å². The summed E-state index contributed by atoms with van der Waals surface area (Å²) in [5.41, 5.74) is -0.716. The van der Waals surface area contributed by atoms with Crippen LogP contribution in [0.5, 0.6) is 0 Å². The topological polar surface area (TPSA) is 49.8 Å². The number of nitrogens with zero attached hydrogens (tertiary/aromatic N) is 1. The predicted octanol–water partition coefficient (Wildman–Crippen LogP) is 3.02. The van der Waals surface area contributed by atoms with Gasteiger partial charge in [-0.05, 0) is 38.5 Å². The van der Waals surface area contributed by atoms with E-state index < -0.39 is 5.60 Å². The molecule has 0 aromatic heterocycles. The summed E-state index contributed by atoms with van der Waals surface area (Å²) < 4.78 is 6.23. The second-order valence-corrected chi connectivity index (χ2v) is 7.58. The van der Waals surface area contributed by atoms with Crippen LogP contribution in [0.4, 0.5) is 0 Å². The lowest BCUT2D eigenvalue weighted by molar-refractivity contribution is -0.140. The Bertz CT molecular complexity index is 365. The Morgan fingerprint density at radius 3 is 2.18 bits per heavy atom. The van der Waals surface area contributed by atoms with Gasteiger partial charge in [-0.1, -0.05) is 32.1 Å². The van der Waals surface area contributed by atoms with Crippen LogP contribution in [0.2, 0.25) is 0 Å². The molecule has 2 aliphatic carbocycles. The summed E-state index contributed by atoms with van der Waals surface area (Å²) in [6.45, 7) is 1.60. The van der Waals surface area contributed by atoms with Gasteiger partial charge in [-0.3, -0.25) is 4.79 Å². The van der Waals surface area contributed by atoms with Crippen LogP contribution in [0.25, 0.3) is 0 Å². The Hall–Kier alpha value is -0.610. The van der Waals surface area contributed by atoms with Crippen molar-refractivity contribution in [2.24, 2.45) is 0 Å². The van der Waals surface area contributed by atoms with Crippen LogP contribution in [0.3, 0.4) is 0 Å². The Balaban J connectivity index is 1.40.